The normalized spacial score (nSPS) is 10.4. The largest absolute Gasteiger partial charge is 0.476 e. The molecule has 0 aliphatic rings. The fraction of sp³-hybridized carbons (Fsp3) is 0.444. The summed E-state index contributed by atoms with van der Waals surface area (Å²) < 4.78 is 0. The summed E-state index contributed by atoms with van der Waals surface area (Å²) in [4.78, 5) is 26.0. The summed E-state index contributed by atoms with van der Waals surface area (Å²) >= 11 is 1.07. The van der Waals surface area contributed by atoms with Crippen LogP contribution in [0.1, 0.15) is 40.9 Å². The number of aromatic nitrogens is 1. The van der Waals surface area contributed by atoms with Gasteiger partial charge in [0.15, 0.2) is 16.6 Å². The van der Waals surface area contributed by atoms with Crippen molar-refractivity contribution in [2.45, 2.75) is 26.8 Å². The molecule has 1 heterocycles. The molecule has 5 nitrogen and oxygen atoms in total. The number of aromatic carboxylic acids is 1. The molecule has 0 atom stereocenters. The molecule has 1 rings (SSSR count). The molecular weight excluding hydrogens is 216 g/mol. The molecule has 0 bridgehead atoms. The second kappa shape index (κ2) is 4.39. The molecule has 15 heavy (non-hydrogen) atoms. The zero-order valence-electron chi connectivity index (χ0n) is 8.70. The fourth-order valence-electron chi connectivity index (χ4n) is 1.01. The lowest BCUT2D eigenvalue weighted by molar-refractivity contribution is 0.0687. The van der Waals surface area contributed by atoms with Crippen LogP contribution in [0.2, 0.25) is 0 Å². The number of anilines is 1. The minimum absolute atomic E-state index is 0.151. The minimum atomic E-state index is -1.17. The average molecular weight is 228 g/mol. The summed E-state index contributed by atoms with van der Waals surface area (Å²) in [5.74, 6) is -1.45. The van der Waals surface area contributed by atoms with Crippen LogP contribution in [0.25, 0.3) is 0 Å². The Morgan fingerprint density at radius 1 is 1.47 bits per heavy atom. The zero-order chi connectivity index (χ0) is 11.6. The first-order valence-corrected chi connectivity index (χ1v) is 5.25. The van der Waals surface area contributed by atoms with Crippen molar-refractivity contribution in [3.05, 3.63) is 10.6 Å². The van der Waals surface area contributed by atoms with Gasteiger partial charge in [0.05, 0.1) is 0 Å². The number of hydrogen-bond donors (Lipinski definition) is 2. The van der Waals surface area contributed by atoms with E-state index < -0.39 is 5.97 Å². The first-order chi connectivity index (χ1) is 6.91. The third kappa shape index (κ3) is 2.76. The van der Waals surface area contributed by atoms with Gasteiger partial charge in [-0.15, -0.1) is 0 Å². The van der Waals surface area contributed by atoms with E-state index in [1.54, 1.807) is 0 Å². The van der Waals surface area contributed by atoms with Gasteiger partial charge in [-0.2, -0.15) is 0 Å². The molecule has 0 aliphatic carbocycles. The first kappa shape index (κ1) is 11.6. The number of hydrogen-bond acceptors (Lipinski definition) is 5. The van der Waals surface area contributed by atoms with Gasteiger partial charge in [0, 0.05) is 13.0 Å². The van der Waals surface area contributed by atoms with Crippen LogP contribution in [0.3, 0.4) is 0 Å². The second-order valence-electron chi connectivity index (χ2n) is 3.36. The lowest BCUT2D eigenvalue weighted by Crippen LogP contribution is -2.09. The highest BCUT2D eigenvalue weighted by Crippen LogP contribution is 2.24. The number of nitrogens with zero attached hydrogens (tertiary/aromatic N) is 1. The summed E-state index contributed by atoms with van der Waals surface area (Å²) in [5.41, 5.74) is -0.171. The highest BCUT2D eigenvalue weighted by atomic mass is 32.1. The van der Waals surface area contributed by atoms with Crippen molar-refractivity contribution >= 4 is 28.2 Å². The third-order valence-corrected chi connectivity index (χ3v) is 2.65. The van der Waals surface area contributed by atoms with Gasteiger partial charge in [-0.05, 0) is 13.8 Å². The molecule has 0 radical (unpaired) electrons. The van der Waals surface area contributed by atoms with Gasteiger partial charge < -0.3 is 10.4 Å². The van der Waals surface area contributed by atoms with Crippen molar-refractivity contribution in [2.75, 3.05) is 5.32 Å². The van der Waals surface area contributed by atoms with Gasteiger partial charge in [0.2, 0.25) is 0 Å². The maximum Gasteiger partial charge on any atom is 0.356 e. The Labute approximate surface area is 91.1 Å². The van der Waals surface area contributed by atoms with Crippen molar-refractivity contribution in [2.24, 2.45) is 0 Å². The van der Waals surface area contributed by atoms with Gasteiger partial charge in [-0.3, -0.25) is 4.79 Å². The second-order valence-corrected chi connectivity index (χ2v) is 4.36. The van der Waals surface area contributed by atoms with E-state index in [9.17, 15) is 9.59 Å². The molecule has 1 aromatic heterocycles. The monoisotopic (exact) mass is 228 g/mol. The van der Waals surface area contributed by atoms with Gasteiger partial charge in [0.25, 0.3) is 0 Å². The molecule has 1 aromatic rings. The number of rotatable bonds is 4. The Hall–Kier alpha value is -1.43. The third-order valence-electron chi connectivity index (χ3n) is 1.56. The van der Waals surface area contributed by atoms with Crippen LogP contribution in [0.15, 0.2) is 0 Å². The van der Waals surface area contributed by atoms with Crippen LogP contribution in [0, 0.1) is 0 Å². The van der Waals surface area contributed by atoms with E-state index in [-0.39, 0.29) is 22.4 Å². The Morgan fingerprint density at radius 3 is 2.40 bits per heavy atom. The molecule has 0 unspecified atom stereocenters. The number of carbonyl (C=O) groups excluding carboxylic acids is 1. The maximum absolute atomic E-state index is 11.1. The van der Waals surface area contributed by atoms with Crippen molar-refractivity contribution in [3.8, 4) is 0 Å². The number of nitrogens with one attached hydrogen (secondary N) is 1. The Bertz CT molecular complexity index is 367. The van der Waals surface area contributed by atoms with Crippen LogP contribution >= 0.6 is 11.3 Å². The fourth-order valence-corrected chi connectivity index (χ4v) is 2.01. The number of ketones is 1. The smallest absolute Gasteiger partial charge is 0.356 e. The molecule has 0 saturated carbocycles. The molecule has 0 aromatic carbocycles. The topological polar surface area (TPSA) is 79.3 Å². The molecule has 0 fully saturated rings. The first-order valence-electron chi connectivity index (χ1n) is 4.43. The quantitative estimate of drug-likeness (QED) is 0.769. The lowest BCUT2D eigenvalue weighted by Gasteiger charge is -2.03. The standard InChI is InChI=1S/C9H12N2O3S/c1-4(2)10-9-11-6(8(13)14)7(15-9)5(3)12/h4H,1-3H3,(H,10,11)(H,13,14). The maximum atomic E-state index is 11.1. The van der Waals surface area contributed by atoms with Crippen LogP contribution in [0.5, 0.6) is 0 Å². The highest BCUT2D eigenvalue weighted by molar-refractivity contribution is 7.17. The lowest BCUT2D eigenvalue weighted by atomic mass is 10.3. The van der Waals surface area contributed by atoms with Crippen molar-refractivity contribution in [1.82, 2.24) is 4.98 Å². The van der Waals surface area contributed by atoms with E-state index in [2.05, 4.69) is 10.3 Å². The molecule has 2 N–H and O–H groups in total. The van der Waals surface area contributed by atoms with Crippen molar-refractivity contribution in [3.63, 3.8) is 0 Å². The number of carboxylic acid groups (broad SMARTS) is 1. The van der Waals surface area contributed by atoms with Crippen LogP contribution in [-0.2, 0) is 0 Å². The summed E-state index contributed by atoms with van der Waals surface area (Å²) in [6, 6.07) is 0.151. The van der Waals surface area contributed by atoms with Crippen LogP contribution in [0.4, 0.5) is 5.13 Å². The zero-order valence-corrected chi connectivity index (χ0v) is 9.51. The Kier molecular flexibility index (Phi) is 3.41. The highest BCUT2D eigenvalue weighted by Gasteiger charge is 2.20. The van der Waals surface area contributed by atoms with E-state index in [0.717, 1.165) is 11.3 Å². The Morgan fingerprint density at radius 2 is 2.07 bits per heavy atom. The van der Waals surface area contributed by atoms with E-state index in [4.69, 9.17) is 5.11 Å². The van der Waals surface area contributed by atoms with Crippen LogP contribution < -0.4 is 5.32 Å². The molecule has 0 aliphatic heterocycles. The van der Waals surface area contributed by atoms with Gasteiger partial charge in [0.1, 0.15) is 4.88 Å². The summed E-state index contributed by atoms with van der Waals surface area (Å²) in [6.07, 6.45) is 0. The average Bonchev–Trinajstić information content (AvgIpc) is 2.46. The van der Waals surface area contributed by atoms with Crippen LogP contribution in [-0.4, -0.2) is 27.9 Å². The van der Waals surface area contributed by atoms with E-state index in [1.807, 2.05) is 13.8 Å². The molecular formula is C9H12N2O3S. The number of carbonyl (C=O) groups is 2. The summed E-state index contributed by atoms with van der Waals surface area (Å²) in [5, 5.41) is 12.3. The van der Waals surface area contributed by atoms with E-state index in [0.29, 0.717) is 5.13 Å². The summed E-state index contributed by atoms with van der Waals surface area (Å²) in [7, 11) is 0. The number of carboxylic acids is 1. The predicted molar refractivity (Wildman–Crippen MR) is 57.8 cm³/mol. The van der Waals surface area contributed by atoms with Gasteiger partial charge in [-0.25, -0.2) is 9.78 Å². The number of thiazole rings is 1. The molecule has 82 valence electrons. The SMILES string of the molecule is CC(=O)c1sc(NC(C)C)nc1C(=O)O. The predicted octanol–water partition coefficient (Wildman–Crippen LogP) is 1.86. The van der Waals surface area contributed by atoms with E-state index >= 15 is 0 Å². The van der Waals surface area contributed by atoms with Gasteiger partial charge >= 0.3 is 5.97 Å². The van der Waals surface area contributed by atoms with E-state index in [1.165, 1.54) is 6.92 Å². The number of Topliss-reactive ketones (excluding diaryl/α,β-unsaturated/α-hetero) is 1. The molecule has 0 amide bonds. The molecule has 0 spiro atoms. The van der Waals surface area contributed by atoms with Crippen molar-refractivity contribution < 1.29 is 14.7 Å². The van der Waals surface area contributed by atoms with Crippen molar-refractivity contribution in [1.29, 1.82) is 0 Å². The summed E-state index contributed by atoms with van der Waals surface area (Å²) in [6.45, 7) is 5.16. The minimum Gasteiger partial charge on any atom is -0.476 e. The molecule has 0 saturated heterocycles. The molecule has 6 heteroatoms. The van der Waals surface area contributed by atoms with Gasteiger partial charge in [-0.1, -0.05) is 11.3 Å². The Balaban J connectivity index is 3.09.